The minimum Gasteiger partial charge on any atom is -0.489 e. The standard InChI is InChI=1S/C29H25Cl2N3O4/c1-15(2)28-22(27(33-38-28)26-23(30)11-32-12-24(26)31)14-37-18-6-7-19(16(3)9-18)17-5-8-25-20(10-17)21(29(35)36)13-34(25)4/h5-13,15H,14H2,1-4H3,(H,35,36). The third-order valence-electron chi connectivity index (χ3n) is 6.55. The maximum atomic E-state index is 11.7. The molecule has 0 saturated heterocycles. The van der Waals surface area contributed by atoms with Gasteiger partial charge in [-0.25, -0.2) is 4.79 Å². The lowest BCUT2D eigenvalue weighted by molar-refractivity contribution is 0.0699. The van der Waals surface area contributed by atoms with Crippen LogP contribution < -0.4 is 4.74 Å². The van der Waals surface area contributed by atoms with Crippen molar-refractivity contribution in [1.82, 2.24) is 14.7 Å². The Kier molecular flexibility index (Phi) is 6.90. The molecule has 0 aliphatic heterocycles. The summed E-state index contributed by atoms with van der Waals surface area (Å²) in [4.78, 5) is 15.7. The smallest absolute Gasteiger partial charge is 0.337 e. The lowest BCUT2D eigenvalue weighted by Crippen LogP contribution is -2.02. The summed E-state index contributed by atoms with van der Waals surface area (Å²) in [7, 11) is 1.84. The Hall–Kier alpha value is -3.81. The first-order valence-corrected chi connectivity index (χ1v) is 12.7. The van der Waals surface area contributed by atoms with E-state index < -0.39 is 5.97 Å². The Morgan fingerprint density at radius 2 is 1.87 bits per heavy atom. The maximum Gasteiger partial charge on any atom is 0.337 e. The number of hydrogen-bond donors (Lipinski definition) is 1. The first-order valence-electron chi connectivity index (χ1n) is 12.0. The number of ether oxygens (including phenoxy) is 1. The second-order valence-electron chi connectivity index (χ2n) is 9.46. The number of rotatable bonds is 7. The molecule has 0 spiro atoms. The maximum absolute atomic E-state index is 11.7. The Balaban J connectivity index is 1.45. The Morgan fingerprint density at radius 3 is 2.53 bits per heavy atom. The van der Waals surface area contributed by atoms with Crippen LogP contribution in [-0.2, 0) is 13.7 Å². The van der Waals surface area contributed by atoms with Gasteiger partial charge < -0.3 is 18.9 Å². The summed E-state index contributed by atoms with van der Waals surface area (Å²) in [6, 6.07) is 11.7. The van der Waals surface area contributed by atoms with Crippen molar-refractivity contribution >= 4 is 40.1 Å². The highest BCUT2D eigenvalue weighted by Crippen LogP contribution is 2.38. The summed E-state index contributed by atoms with van der Waals surface area (Å²) in [6.07, 6.45) is 4.67. The number of aromatic carboxylic acids is 1. The average Bonchev–Trinajstić information content (AvgIpc) is 3.44. The van der Waals surface area contributed by atoms with Gasteiger partial charge in [0.05, 0.1) is 21.2 Å². The number of nitrogens with zero attached hydrogens (tertiary/aromatic N) is 3. The van der Waals surface area contributed by atoms with E-state index in [9.17, 15) is 9.90 Å². The molecule has 0 aliphatic carbocycles. The van der Waals surface area contributed by atoms with E-state index >= 15 is 0 Å². The van der Waals surface area contributed by atoms with Crippen molar-refractivity contribution < 1.29 is 19.2 Å². The lowest BCUT2D eigenvalue weighted by atomic mass is 9.98. The first-order chi connectivity index (χ1) is 18.2. The molecule has 0 unspecified atom stereocenters. The van der Waals surface area contributed by atoms with E-state index in [1.54, 1.807) is 6.20 Å². The summed E-state index contributed by atoms with van der Waals surface area (Å²) < 4.78 is 13.7. The zero-order valence-corrected chi connectivity index (χ0v) is 22.8. The Labute approximate surface area is 229 Å². The minimum absolute atomic E-state index is 0.0712. The van der Waals surface area contributed by atoms with E-state index in [4.69, 9.17) is 32.5 Å². The Morgan fingerprint density at radius 1 is 1.13 bits per heavy atom. The average molecular weight is 550 g/mol. The van der Waals surface area contributed by atoms with E-state index in [1.165, 1.54) is 12.4 Å². The molecule has 0 aliphatic rings. The highest BCUT2D eigenvalue weighted by molar-refractivity contribution is 6.38. The molecule has 9 heteroatoms. The van der Waals surface area contributed by atoms with Crippen LogP contribution in [-0.4, -0.2) is 25.8 Å². The molecule has 7 nitrogen and oxygen atoms in total. The number of hydrogen-bond acceptors (Lipinski definition) is 5. The SMILES string of the molecule is Cc1cc(OCc2c(-c3c(Cl)cncc3Cl)noc2C(C)C)ccc1-c1ccc2c(c1)c(C(=O)O)cn2C. The molecule has 5 rings (SSSR count). The molecule has 0 fully saturated rings. The molecule has 3 heterocycles. The van der Waals surface area contributed by atoms with Crippen LogP contribution in [0.25, 0.3) is 33.3 Å². The molecule has 0 saturated carbocycles. The van der Waals surface area contributed by atoms with E-state index in [2.05, 4.69) is 10.1 Å². The number of carboxylic acid groups (broad SMARTS) is 1. The lowest BCUT2D eigenvalue weighted by Gasteiger charge is -2.13. The van der Waals surface area contributed by atoms with Crippen molar-refractivity contribution in [3.05, 3.63) is 87.5 Å². The quantitative estimate of drug-likeness (QED) is 0.222. The van der Waals surface area contributed by atoms with Gasteiger partial charge in [0, 0.05) is 48.0 Å². The number of carbonyl (C=O) groups is 1. The van der Waals surface area contributed by atoms with Crippen LogP contribution in [0.2, 0.25) is 10.0 Å². The van der Waals surface area contributed by atoms with Crippen LogP contribution >= 0.6 is 23.2 Å². The van der Waals surface area contributed by atoms with Crippen molar-refractivity contribution in [1.29, 1.82) is 0 Å². The van der Waals surface area contributed by atoms with Gasteiger partial charge >= 0.3 is 5.97 Å². The molecule has 0 radical (unpaired) electrons. The van der Waals surface area contributed by atoms with Crippen LogP contribution in [0.15, 0.2) is 59.5 Å². The summed E-state index contributed by atoms with van der Waals surface area (Å²) in [5.41, 5.74) is 5.91. The normalized spacial score (nSPS) is 11.4. The largest absolute Gasteiger partial charge is 0.489 e. The number of aromatic nitrogens is 3. The fraction of sp³-hybridized carbons (Fsp3) is 0.207. The van der Waals surface area contributed by atoms with Crippen LogP contribution in [0.1, 0.15) is 47.0 Å². The highest BCUT2D eigenvalue weighted by atomic mass is 35.5. The van der Waals surface area contributed by atoms with Gasteiger partial charge in [-0.1, -0.05) is 54.3 Å². The monoisotopic (exact) mass is 549 g/mol. The number of pyridine rings is 1. The van der Waals surface area contributed by atoms with Crippen molar-refractivity contribution in [3.8, 4) is 28.1 Å². The zero-order valence-electron chi connectivity index (χ0n) is 21.3. The van der Waals surface area contributed by atoms with Gasteiger partial charge in [-0.05, 0) is 47.9 Å². The van der Waals surface area contributed by atoms with Crippen molar-refractivity contribution in [2.24, 2.45) is 7.05 Å². The molecular formula is C29H25Cl2N3O4. The van der Waals surface area contributed by atoms with E-state index in [0.29, 0.717) is 38.2 Å². The van der Waals surface area contributed by atoms with Crippen LogP contribution in [0.5, 0.6) is 5.75 Å². The van der Waals surface area contributed by atoms with Crippen molar-refractivity contribution in [2.75, 3.05) is 0 Å². The molecular weight excluding hydrogens is 525 g/mol. The van der Waals surface area contributed by atoms with E-state index in [0.717, 1.165) is 27.8 Å². The predicted molar refractivity (Wildman–Crippen MR) is 148 cm³/mol. The van der Waals surface area contributed by atoms with Gasteiger partial charge in [0.15, 0.2) is 0 Å². The molecule has 38 heavy (non-hydrogen) atoms. The van der Waals surface area contributed by atoms with Gasteiger partial charge in [-0.2, -0.15) is 0 Å². The summed E-state index contributed by atoms with van der Waals surface area (Å²) in [6.45, 7) is 6.23. The number of carboxylic acids is 1. The predicted octanol–water partition coefficient (Wildman–Crippen LogP) is 7.91. The van der Waals surface area contributed by atoms with Crippen molar-refractivity contribution in [3.63, 3.8) is 0 Å². The highest BCUT2D eigenvalue weighted by Gasteiger charge is 2.24. The molecule has 3 aromatic heterocycles. The van der Waals surface area contributed by atoms with Gasteiger partial charge in [-0.15, -0.1) is 0 Å². The number of benzene rings is 2. The Bertz CT molecular complexity index is 1670. The fourth-order valence-electron chi connectivity index (χ4n) is 4.68. The zero-order chi connectivity index (χ0) is 27.1. The topological polar surface area (TPSA) is 90.4 Å². The van der Waals surface area contributed by atoms with Gasteiger partial charge in [0.2, 0.25) is 0 Å². The second-order valence-corrected chi connectivity index (χ2v) is 10.3. The van der Waals surface area contributed by atoms with E-state index in [-0.39, 0.29) is 18.1 Å². The first kappa shape index (κ1) is 25.8. The fourth-order valence-corrected chi connectivity index (χ4v) is 5.23. The van der Waals surface area contributed by atoms with E-state index in [1.807, 2.05) is 68.8 Å². The summed E-state index contributed by atoms with van der Waals surface area (Å²) in [5.74, 6) is 0.494. The third-order valence-corrected chi connectivity index (χ3v) is 7.12. The summed E-state index contributed by atoms with van der Waals surface area (Å²) in [5, 5.41) is 15.3. The molecule has 5 aromatic rings. The van der Waals surface area contributed by atoms with Crippen LogP contribution in [0.4, 0.5) is 0 Å². The molecule has 0 bridgehead atoms. The van der Waals surface area contributed by atoms with Gasteiger partial charge in [0.25, 0.3) is 0 Å². The number of fused-ring (bicyclic) bond motifs is 1. The van der Waals surface area contributed by atoms with Crippen LogP contribution in [0.3, 0.4) is 0 Å². The second kappa shape index (κ2) is 10.2. The molecule has 1 N–H and O–H groups in total. The van der Waals surface area contributed by atoms with Gasteiger partial charge in [0.1, 0.15) is 23.8 Å². The minimum atomic E-state index is -0.948. The van der Waals surface area contributed by atoms with Gasteiger partial charge in [-0.3, -0.25) is 4.98 Å². The van der Waals surface area contributed by atoms with Crippen LogP contribution in [0, 0.1) is 6.92 Å². The molecule has 194 valence electrons. The summed E-state index contributed by atoms with van der Waals surface area (Å²) >= 11 is 12.8. The third kappa shape index (κ3) is 4.64. The number of aryl methyl sites for hydroxylation is 2. The number of halogens is 2. The molecule has 2 aromatic carbocycles. The molecule has 0 atom stereocenters. The molecule has 0 amide bonds. The van der Waals surface area contributed by atoms with Crippen molar-refractivity contribution in [2.45, 2.75) is 33.3 Å².